The molecule has 0 aliphatic carbocycles. The molecule has 1 aromatic carbocycles. The maximum atomic E-state index is 9.58. The van der Waals surface area contributed by atoms with E-state index in [-0.39, 0.29) is 6.10 Å². The van der Waals surface area contributed by atoms with Crippen molar-refractivity contribution in [2.24, 2.45) is 0 Å². The first-order valence-corrected chi connectivity index (χ1v) is 7.32. The Hall–Kier alpha value is -0.510. The van der Waals surface area contributed by atoms with Crippen LogP contribution in [0.4, 0.5) is 0 Å². The molecular formula is C14H21NOS. The van der Waals surface area contributed by atoms with Crippen LogP contribution in [0.3, 0.4) is 0 Å². The van der Waals surface area contributed by atoms with E-state index in [1.54, 1.807) is 0 Å². The van der Waals surface area contributed by atoms with Crippen molar-refractivity contribution in [2.45, 2.75) is 30.8 Å². The zero-order valence-corrected chi connectivity index (χ0v) is 11.2. The number of thioether (sulfide) groups is 1. The van der Waals surface area contributed by atoms with Crippen LogP contribution >= 0.6 is 11.8 Å². The van der Waals surface area contributed by atoms with Crippen molar-refractivity contribution in [3.8, 4) is 0 Å². The Labute approximate surface area is 108 Å². The van der Waals surface area contributed by atoms with Gasteiger partial charge < -0.3 is 5.11 Å². The van der Waals surface area contributed by atoms with E-state index in [4.69, 9.17) is 0 Å². The van der Waals surface area contributed by atoms with Gasteiger partial charge in [0.05, 0.1) is 6.10 Å². The summed E-state index contributed by atoms with van der Waals surface area (Å²) in [6.45, 7) is 5.19. The summed E-state index contributed by atoms with van der Waals surface area (Å²) >= 11 is 1.90. The zero-order chi connectivity index (χ0) is 12.1. The van der Waals surface area contributed by atoms with Gasteiger partial charge in [0, 0.05) is 23.7 Å². The van der Waals surface area contributed by atoms with Gasteiger partial charge in [0.1, 0.15) is 0 Å². The van der Waals surface area contributed by atoms with Crippen LogP contribution in [0.5, 0.6) is 0 Å². The number of aryl methyl sites for hydroxylation is 1. The highest BCUT2D eigenvalue weighted by molar-refractivity contribution is 7.99. The maximum Gasteiger partial charge on any atom is 0.0667 e. The van der Waals surface area contributed by atoms with Crippen molar-refractivity contribution < 1.29 is 5.11 Å². The van der Waals surface area contributed by atoms with Crippen LogP contribution in [-0.2, 0) is 0 Å². The third-order valence-corrected chi connectivity index (χ3v) is 4.17. The number of hydrogen-bond donors (Lipinski definition) is 1. The molecule has 1 heterocycles. The molecule has 0 bridgehead atoms. The summed E-state index contributed by atoms with van der Waals surface area (Å²) in [5.41, 5.74) is 1.31. The van der Waals surface area contributed by atoms with E-state index in [0.717, 1.165) is 38.2 Å². The number of rotatable bonds is 4. The number of aliphatic hydroxyl groups excluding tert-OH is 1. The number of piperidine rings is 1. The molecule has 0 radical (unpaired) electrons. The molecule has 0 unspecified atom stereocenters. The van der Waals surface area contributed by atoms with E-state index in [1.807, 2.05) is 11.8 Å². The van der Waals surface area contributed by atoms with Crippen molar-refractivity contribution in [1.29, 1.82) is 0 Å². The van der Waals surface area contributed by atoms with Crippen molar-refractivity contribution in [3.63, 3.8) is 0 Å². The van der Waals surface area contributed by atoms with Crippen LogP contribution in [0.25, 0.3) is 0 Å². The van der Waals surface area contributed by atoms with Crippen LogP contribution in [0.15, 0.2) is 29.2 Å². The normalized spacial score (nSPS) is 21.6. The minimum Gasteiger partial charge on any atom is -0.392 e. The highest BCUT2D eigenvalue weighted by Crippen LogP contribution is 2.19. The number of benzene rings is 1. The monoisotopic (exact) mass is 251 g/mol. The Balaban J connectivity index is 1.70. The average Bonchev–Trinajstić information content (AvgIpc) is 2.32. The molecule has 1 saturated heterocycles. The molecule has 1 N–H and O–H groups in total. The van der Waals surface area contributed by atoms with Gasteiger partial charge in [-0.25, -0.2) is 0 Å². The first-order chi connectivity index (χ1) is 8.24. The summed E-state index contributed by atoms with van der Waals surface area (Å²) < 4.78 is 0. The quantitative estimate of drug-likeness (QED) is 0.832. The second-order valence-corrected chi connectivity index (χ2v) is 5.93. The van der Waals surface area contributed by atoms with Crippen molar-refractivity contribution in [3.05, 3.63) is 29.8 Å². The lowest BCUT2D eigenvalue weighted by Crippen LogP contribution is -2.39. The van der Waals surface area contributed by atoms with Crippen LogP contribution in [0.1, 0.15) is 18.4 Å². The largest absolute Gasteiger partial charge is 0.392 e. The Morgan fingerprint density at radius 3 is 2.82 bits per heavy atom. The third kappa shape index (κ3) is 4.34. The van der Waals surface area contributed by atoms with Crippen LogP contribution in [-0.4, -0.2) is 41.5 Å². The zero-order valence-electron chi connectivity index (χ0n) is 10.4. The maximum absolute atomic E-state index is 9.58. The molecule has 0 saturated carbocycles. The lowest BCUT2D eigenvalue weighted by molar-refractivity contribution is 0.0743. The van der Waals surface area contributed by atoms with Crippen LogP contribution in [0.2, 0.25) is 0 Å². The molecule has 94 valence electrons. The highest BCUT2D eigenvalue weighted by atomic mass is 32.2. The molecule has 3 heteroatoms. The van der Waals surface area contributed by atoms with E-state index in [1.165, 1.54) is 10.5 Å². The third-order valence-electron chi connectivity index (χ3n) is 3.18. The Morgan fingerprint density at radius 2 is 2.12 bits per heavy atom. The van der Waals surface area contributed by atoms with E-state index in [0.29, 0.717) is 0 Å². The van der Waals surface area contributed by atoms with Gasteiger partial charge in [-0.2, -0.15) is 0 Å². The van der Waals surface area contributed by atoms with Gasteiger partial charge in [0.15, 0.2) is 0 Å². The first kappa shape index (κ1) is 12.9. The van der Waals surface area contributed by atoms with Crippen molar-refractivity contribution in [2.75, 3.05) is 25.4 Å². The number of β-amino-alcohol motifs (C(OH)–C–C–N with tert-alkyl or cyclic N) is 1. The summed E-state index contributed by atoms with van der Waals surface area (Å²) in [5, 5.41) is 9.58. The van der Waals surface area contributed by atoms with Gasteiger partial charge in [-0.1, -0.05) is 17.7 Å². The summed E-state index contributed by atoms with van der Waals surface area (Å²) in [5.74, 6) is 1.11. The van der Waals surface area contributed by atoms with Gasteiger partial charge in [0.2, 0.25) is 0 Å². The second kappa shape index (κ2) is 6.43. The van der Waals surface area contributed by atoms with Crippen LogP contribution < -0.4 is 0 Å². The van der Waals surface area contributed by atoms with Gasteiger partial charge in [-0.3, -0.25) is 4.90 Å². The fourth-order valence-corrected chi connectivity index (χ4v) is 3.08. The summed E-state index contributed by atoms with van der Waals surface area (Å²) in [6.07, 6.45) is 2.01. The topological polar surface area (TPSA) is 23.5 Å². The fourth-order valence-electron chi connectivity index (χ4n) is 2.16. The predicted molar refractivity (Wildman–Crippen MR) is 73.6 cm³/mol. The molecule has 2 rings (SSSR count). The number of likely N-dealkylation sites (tertiary alicyclic amines) is 1. The second-order valence-electron chi connectivity index (χ2n) is 4.76. The average molecular weight is 251 g/mol. The van der Waals surface area contributed by atoms with Crippen molar-refractivity contribution in [1.82, 2.24) is 4.90 Å². The van der Waals surface area contributed by atoms with E-state index < -0.39 is 0 Å². The van der Waals surface area contributed by atoms with Crippen LogP contribution in [0, 0.1) is 6.92 Å². The van der Waals surface area contributed by atoms with Gasteiger partial charge in [0.25, 0.3) is 0 Å². The number of hydrogen-bond acceptors (Lipinski definition) is 3. The van der Waals surface area contributed by atoms with E-state index >= 15 is 0 Å². The summed E-state index contributed by atoms with van der Waals surface area (Å²) in [6, 6.07) is 8.69. The molecule has 0 aromatic heterocycles. The SMILES string of the molecule is Cc1ccc(SCCN2CCC[C@H](O)C2)cc1. The Bertz CT molecular complexity index is 339. The summed E-state index contributed by atoms with van der Waals surface area (Å²) in [7, 11) is 0. The molecule has 1 aliphatic rings. The smallest absolute Gasteiger partial charge is 0.0667 e. The fraction of sp³-hybridized carbons (Fsp3) is 0.571. The lowest BCUT2D eigenvalue weighted by Gasteiger charge is -2.29. The molecule has 1 aliphatic heterocycles. The minimum absolute atomic E-state index is 0.104. The van der Waals surface area contributed by atoms with E-state index in [2.05, 4.69) is 36.1 Å². The minimum atomic E-state index is -0.104. The molecular weight excluding hydrogens is 230 g/mol. The molecule has 17 heavy (non-hydrogen) atoms. The van der Waals surface area contributed by atoms with Gasteiger partial charge >= 0.3 is 0 Å². The molecule has 0 amide bonds. The van der Waals surface area contributed by atoms with Gasteiger partial charge in [-0.15, -0.1) is 11.8 Å². The molecule has 0 spiro atoms. The standard InChI is InChI=1S/C14H21NOS/c1-12-4-6-14(7-5-12)17-10-9-15-8-2-3-13(16)11-15/h4-7,13,16H,2-3,8-11H2,1H3/t13-/m0/s1. The molecule has 1 fully saturated rings. The number of aliphatic hydroxyl groups is 1. The van der Waals surface area contributed by atoms with Gasteiger partial charge in [-0.05, 0) is 38.4 Å². The highest BCUT2D eigenvalue weighted by Gasteiger charge is 2.16. The van der Waals surface area contributed by atoms with Crippen molar-refractivity contribution >= 4 is 11.8 Å². The lowest BCUT2D eigenvalue weighted by atomic mass is 10.1. The Morgan fingerprint density at radius 1 is 1.35 bits per heavy atom. The summed E-state index contributed by atoms with van der Waals surface area (Å²) in [4.78, 5) is 3.71. The first-order valence-electron chi connectivity index (χ1n) is 6.34. The molecule has 1 atom stereocenters. The van der Waals surface area contributed by atoms with E-state index in [9.17, 15) is 5.11 Å². The Kier molecular flexibility index (Phi) is 4.89. The number of nitrogens with zero attached hydrogens (tertiary/aromatic N) is 1. The molecule has 1 aromatic rings. The predicted octanol–water partition coefficient (Wildman–Crippen LogP) is 2.54. The molecule has 2 nitrogen and oxygen atoms in total.